The number of halogens is 1. The van der Waals surface area contributed by atoms with E-state index in [4.69, 9.17) is 16.3 Å². The quantitative estimate of drug-likeness (QED) is 0.934. The summed E-state index contributed by atoms with van der Waals surface area (Å²) >= 11 is 6.25. The Balaban J connectivity index is 1.82. The van der Waals surface area contributed by atoms with E-state index in [0.29, 0.717) is 0 Å². The van der Waals surface area contributed by atoms with Crippen LogP contribution in [0.3, 0.4) is 0 Å². The van der Waals surface area contributed by atoms with Gasteiger partial charge in [0.1, 0.15) is 5.75 Å². The van der Waals surface area contributed by atoms with Gasteiger partial charge in [-0.05, 0) is 29.8 Å². The molecule has 0 saturated heterocycles. The SMILES string of the molecule is COc1ccc(Cl)c2c1CN(Nc1ccncc1)C2. The first-order valence-corrected chi connectivity index (χ1v) is 6.41. The van der Waals surface area contributed by atoms with Gasteiger partial charge in [-0.25, -0.2) is 5.01 Å². The Labute approximate surface area is 116 Å². The monoisotopic (exact) mass is 275 g/mol. The van der Waals surface area contributed by atoms with Gasteiger partial charge in [-0.3, -0.25) is 4.98 Å². The van der Waals surface area contributed by atoms with Gasteiger partial charge < -0.3 is 10.2 Å². The summed E-state index contributed by atoms with van der Waals surface area (Å²) in [5, 5.41) is 2.89. The Kier molecular flexibility index (Phi) is 3.27. The van der Waals surface area contributed by atoms with Gasteiger partial charge in [-0.15, -0.1) is 0 Å². The van der Waals surface area contributed by atoms with Crippen molar-refractivity contribution in [3.63, 3.8) is 0 Å². The second kappa shape index (κ2) is 5.07. The van der Waals surface area contributed by atoms with Crippen LogP contribution in [0.15, 0.2) is 36.7 Å². The van der Waals surface area contributed by atoms with Gasteiger partial charge in [0, 0.05) is 36.1 Å². The summed E-state index contributed by atoms with van der Waals surface area (Å²) in [5.41, 5.74) is 6.63. The van der Waals surface area contributed by atoms with Crippen molar-refractivity contribution in [2.75, 3.05) is 12.5 Å². The molecule has 3 rings (SSSR count). The number of rotatable bonds is 3. The average Bonchev–Trinajstić information content (AvgIpc) is 2.85. The highest BCUT2D eigenvalue weighted by Gasteiger charge is 2.24. The molecule has 19 heavy (non-hydrogen) atoms. The molecule has 1 aliphatic heterocycles. The number of pyridine rings is 1. The number of fused-ring (bicyclic) bond motifs is 1. The highest BCUT2D eigenvalue weighted by atomic mass is 35.5. The molecule has 0 aliphatic carbocycles. The smallest absolute Gasteiger partial charge is 0.123 e. The zero-order chi connectivity index (χ0) is 13.2. The van der Waals surface area contributed by atoms with Gasteiger partial charge >= 0.3 is 0 Å². The average molecular weight is 276 g/mol. The summed E-state index contributed by atoms with van der Waals surface area (Å²) in [6.45, 7) is 1.52. The first-order chi connectivity index (χ1) is 9.28. The van der Waals surface area contributed by atoms with Crippen molar-refractivity contribution in [1.82, 2.24) is 9.99 Å². The fraction of sp³-hybridized carbons (Fsp3) is 0.214. The molecular weight excluding hydrogens is 262 g/mol. The third-order valence-electron chi connectivity index (χ3n) is 3.22. The van der Waals surface area contributed by atoms with E-state index in [0.717, 1.165) is 40.7 Å². The van der Waals surface area contributed by atoms with E-state index in [1.54, 1.807) is 19.5 Å². The van der Waals surface area contributed by atoms with Crippen LogP contribution in [0, 0.1) is 0 Å². The lowest BCUT2D eigenvalue weighted by atomic mass is 10.1. The minimum atomic E-state index is 0.758. The van der Waals surface area contributed by atoms with Crippen LogP contribution in [0.1, 0.15) is 11.1 Å². The Morgan fingerprint density at radius 1 is 1.16 bits per heavy atom. The number of hydrogen-bond donors (Lipinski definition) is 1. The Hall–Kier alpha value is -1.78. The van der Waals surface area contributed by atoms with E-state index in [9.17, 15) is 0 Å². The molecule has 0 unspecified atom stereocenters. The van der Waals surface area contributed by atoms with Crippen LogP contribution in [0.25, 0.3) is 0 Å². The van der Waals surface area contributed by atoms with E-state index in [1.165, 1.54) is 0 Å². The minimum Gasteiger partial charge on any atom is -0.496 e. The first-order valence-electron chi connectivity index (χ1n) is 6.04. The molecule has 0 saturated carbocycles. The standard InChI is InChI=1S/C14H14ClN3O/c1-19-14-3-2-13(15)11-8-18(9-12(11)14)17-10-4-6-16-7-5-10/h2-7H,8-9H2,1H3,(H,16,17). The molecule has 0 atom stereocenters. The molecule has 2 aromatic rings. The molecule has 0 spiro atoms. The molecule has 4 nitrogen and oxygen atoms in total. The van der Waals surface area contributed by atoms with Gasteiger partial charge in [-0.1, -0.05) is 11.6 Å². The fourth-order valence-corrected chi connectivity index (χ4v) is 2.54. The third-order valence-corrected chi connectivity index (χ3v) is 3.57. The number of methoxy groups -OCH3 is 1. The van der Waals surface area contributed by atoms with Gasteiger partial charge in [0.2, 0.25) is 0 Å². The zero-order valence-electron chi connectivity index (χ0n) is 10.6. The normalized spacial score (nSPS) is 14.2. The van der Waals surface area contributed by atoms with E-state index in [1.807, 2.05) is 24.3 Å². The van der Waals surface area contributed by atoms with Crippen LogP contribution in [-0.4, -0.2) is 17.1 Å². The van der Waals surface area contributed by atoms with Crippen LogP contribution < -0.4 is 10.2 Å². The molecule has 0 bridgehead atoms. The van der Waals surface area contributed by atoms with Crippen LogP contribution in [0.2, 0.25) is 5.02 Å². The van der Waals surface area contributed by atoms with E-state index in [2.05, 4.69) is 15.4 Å². The van der Waals surface area contributed by atoms with Gasteiger partial charge in [0.15, 0.2) is 0 Å². The minimum absolute atomic E-state index is 0.758. The summed E-state index contributed by atoms with van der Waals surface area (Å²) in [7, 11) is 1.68. The largest absolute Gasteiger partial charge is 0.496 e. The van der Waals surface area contributed by atoms with Crippen LogP contribution >= 0.6 is 11.6 Å². The molecule has 98 valence electrons. The number of hydrazine groups is 1. The van der Waals surface area contributed by atoms with E-state index >= 15 is 0 Å². The van der Waals surface area contributed by atoms with Gasteiger partial charge in [0.25, 0.3) is 0 Å². The number of nitrogens with zero attached hydrogens (tertiary/aromatic N) is 2. The number of anilines is 1. The molecule has 1 aromatic carbocycles. The predicted octanol–water partition coefficient (Wildman–Crippen LogP) is 3.09. The van der Waals surface area contributed by atoms with Crippen LogP contribution in [0.4, 0.5) is 5.69 Å². The predicted molar refractivity (Wildman–Crippen MR) is 75.1 cm³/mol. The van der Waals surface area contributed by atoms with Crippen molar-refractivity contribution in [1.29, 1.82) is 0 Å². The van der Waals surface area contributed by atoms with E-state index < -0.39 is 0 Å². The van der Waals surface area contributed by atoms with E-state index in [-0.39, 0.29) is 0 Å². The van der Waals surface area contributed by atoms with Crippen molar-refractivity contribution in [2.45, 2.75) is 13.1 Å². The summed E-state index contributed by atoms with van der Waals surface area (Å²) in [4.78, 5) is 4.00. The van der Waals surface area contributed by atoms with Crippen LogP contribution in [0.5, 0.6) is 5.75 Å². The summed E-state index contributed by atoms with van der Waals surface area (Å²) in [6, 6.07) is 7.66. The third kappa shape index (κ3) is 2.37. The highest BCUT2D eigenvalue weighted by Crippen LogP contribution is 2.35. The number of aromatic nitrogens is 1. The second-order valence-electron chi connectivity index (χ2n) is 4.41. The summed E-state index contributed by atoms with van der Waals surface area (Å²) < 4.78 is 5.39. The maximum atomic E-state index is 6.25. The number of ether oxygens (including phenoxy) is 1. The van der Waals surface area contributed by atoms with Gasteiger partial charge in [0.05, 0.1) is 12.8 Å². The Morgan fingerprint density at radius 2 is 1.89 bits per heavy atom. The lowest BCUT2D eigenvalue weighted by molar-refractivity contribution is 0.340. The molecule has 1 aromatic heterocycles. The molecule has 1 N–H and O–H groups in total. The lowest BCUT2D eigenvalue weighted by Gasteiger charge is -2.17. The molecule has 1 aliphatic rings. The number of hydrogen-bond acceptors (Lipinski definition) is 4. The summed E-state index contributed by atoms with van der Waals surface area (Å²) in [6.07, 6.45) is 3.53. The Bertz CT molecular complexity index is 589. The Morgan fingerprint density at radius 3 is 2.63 bits per heavy atom. The topological polar surface area (TPSA) is 37.4 Å². The van der Waals surface area contributed by atoms with Crippen LogP contribution in [-0.2, 0) is 13.1 Å². The second-order valence-corrected chi connectivity index (χ2v) is 4.82. The van der Waals surface area contributed by atoms with Crippen molar-refractivity contribution in [3.05, 3.63) is 52.8 Å². The molecule has 5 heteroatoms. The van der Waals surface area contributed by atoms with Gasteiger partial charge in [-0.2, -0.15) is 0 Å². The van der Waals surface area contributed by atoms with Crippen molar-refractivity contribution >= 4 is 17.3 Å². The lowest BCUT2D eigenvalue weighted by Crippen LogP contribution is -2.23. The molecule has 2 heterocycles. The molecule has 0 fully saturated rings. The fourth-order valence-electron chi connectivity index (χ4n) is 2.30. The molecule has 0 amide bonds. The maximum absolute atomic E-state index is 6.25. The maximum Gasteiger partial charge on any atom is 0.123 e. The summed E-state index contributed by atoms with van der Waals surface area (Å²) in [5.74, 6) is 0.887. The highest BCUT2D eigenvalue weighted by molar-refractivity contribution is 6.31. The molecular formula is C14H14ClN3O. The first kappa shape index (κ1) is 12.3. The number of nitrogens with one attached hydrogen (secondary N) is 1. The van der Waals surface area contributed by atoms with Crippen molar-refractivity contribution < 1.29 is 4.74 Å². The molecule has 0 radical (unpaired) electrons. The van der Waals surface area contributed by atoms with Crippen molar-refractivity contribution in [2.24, 2.45) is 0 Å². The zero-order valence-corrected chi connectivity index (χ0v) is 11.3. The number of benzene rings is 1. The van der Waals surface area contributed by atoms with Crippen molar-refractivity contribution in [3.8, 4) is 5.75 Å².